The fourth-order valence-electron chi connectivity index (χ4n) is 5.13. The van der Waals surface area contributed by atoms with E-state index in [9.17, 15) is 10.1 Å². The lowest BCUT2D eigenvalue weighted by atomic mass is 10.0. The molecule has 1 N–H and O–H groups in total. The van der Waals surface area contributed by atoms with Gasteiger partial charge in [-0.1, -0.05) is 88.6 Å². The summed E-state index contributed by atoms with van der Waals surface area (Å²) in [5, 5.41) is 16.4. The number of nitriles is 1. The van der Waals surface area contributed by atoms with Gasteiger partial charge < -0.3 is 4.90 Å². The molecule has 40 heavy (non-hydrogen) atoms. The molecule has 0 fully saturated rings. The van der Waals surface area contributed by atoms with Crippen LogP contribution in [0.2, 0.25) is 0 Å². The summed E-state index contributed by atoms with van der Waals surface area (Å²) in [5.41, 5.74) is 3.01. The summed E-state index contributed by atoms with van der Waals surface area (Å²) in [4.78, 5) is 25.3. The maximum Gasteiger partial charge on any atom is 0.361 e. The number of aromatic nitrogens is 4. The van der Waals surface area contributed by atoms with E-state index in [1.165, 1.54) is 4.52 Å². The van der Waals surface area contributed by atoms with Gasteiger partial charge in [0.05, 0.1) is 21.7 Å². The first-order chi connectivity index (χ1) is 19.5. The monoisotopic (exact) mass is 557 g/mol. The van der Waals surface area contributed by atoms with Crippen LogP contribution in [0.1, 0.15) is 100 Å². The van der Waals surface area contributed by atoms with Gasteiger partial charge in [0, 0.05) is 23.8 Å². The number of hydrogen-bond acceptors (Lipinski definition) is 6. The molecule has 210 valence electrons. The standard InChI is InChI=1S/C32H40N6OS/c1-6-10-18-37(19-11-7-2)32-34-28(24-16-13-12-14-17-24)27(40-32)20-25-22(5)26(21-33)31(39)38-30(25)35-29(36-38)23(9-4)15-8-3/h12-14,16-17,20,23H,6-11,15,18-19H2,1-5H3/p+1/b25-20+. The van der Waals surface area contributed by atoms with Gasteiger partial charge in [-0.3, -0.25) is 0 Å². The van der Waals surface area contributed by atoms with Crippen molar-refractivity contribution >= 4 is 28.2 Å². The third kappa shape index (κ3) is 6.10. The van der Waals surface area contributed by atoms with Crippen molar-refractivity contribution in [3.8, 4) is 17.3 Å². The van der Waals surface area contributed by atoms with Crippen molar-refractivity contribution in [3.63, 3.8) is 0 Å². The Hall–Kier alpha value is -3.57. The minimum absolute atomic E-state index is 0.129. The summed E-state index contributed by atoms with van der Waals surface area (Å²) in [5.74, 6) is 1.02. The van der Waals surface area contributed by atoms with Gasteiger partial charge in [0.25, 0.3) is 11.5 Å². The first-order valence-electron chi connectivity index (χ1n) is 14.7. The largest absolute Gasteiger partial charge is 0.361 e. The van der Waals surface area contributed by atoms with E-state index in [1.807, 2.05) is 25.1 Å². The molecule has 0 spiro atoms. The Balaban J connectivity index is 1.99. The first-order valence-corrected chi connectivity index (χ1v) is 15.5. The lowest BCUT2D eigenvalue weighted by molar-refractivity contribution is -0.363. The van der Waals surface area contributed by atoms with Crippen LogP contribution in [0.4, 0.5) is 5.13 Å². The topological polar surface area (TPSA) is 88.4 Å². The molecule has 4 aromatic rings. The van der Waals surface area contributed by atoms with Crippen LogP contribution in [0.3, 0.4) is 0 Å². The number of H-pyrrole nitrogens is 1. The zero-order chi connectivity index (χ0) is 28.6. The summed E-state index contributed by atoms with van der Waals surface area (Å²) >= 11 is 1.67. The molecule has 0 radical (unpaired) electrons. The molecule has 0 bridgehead atoms. The Labute approximate surface area is 241 Å². The third-order valence-electron chi connectivity index (χ3n) is 7.53. The molecule has 3 aromatic heterocycles. The number of fused-ring (bicyclic) bond motifs is 1. The molecule has 3 heterocycles. The van der Waals surface area contributed by atoms with E-state index in [4.69, 9.17) is 10.1 Å². The van der Waals surface area contributed by atoms with Crippen molar-refractivity contribution in [2.24, 2.45) is 0 Å². The SMILES string of the molecule is CCCCN(CCCC)c1nc(-c2ccccc2)c(/C=c2\c(C)c(C#N)c(=O)n3nc(C(CC)CCC)[nH+]c23)s1. The molecular weight excluding hydrogens is 516 g/mol. The highest BCUT2D eigenvalue weighted by Gasteiger charge is 2.26. The average molecular weight is 558 g/mol. The second kappa shape index (κ2) is 13.7. The quantitative estimate of drug-likeness (QED) is 0.199. The fraction of sp³-hybridized carbons (Fsp3) is 0.469. The van der Waals surface area contributed by atoms with Crippen LogP contribution in [0.15, 0.2) is 35.1 Å². The lowest BCUT2D eigenvalue weighted by Crippen LogP contribution is -2.29. The van der Waals surface area contributed by atoms with Crippen LogP contribution in [-0.2, 0) is 0 Å². The normalized spacial score (nSPS) is 12.7. The molecule has 0 aliphatic carbocycles. The van der Waals surface area contributed by atoms with Crippen molar-refractivity contribution in [2.75, 3.05) is 18.0 Å². The molecule has 4 rings (SSSR count). The lowest BCUT2D eigenvalue weighted by Gasteiger charge is -2.21. The third-order valence-corrected chi connectivity index (χ3v) is 8.60. The van der Waals surface area contributed by atoms with Gasteiger partial charge >= 0.3 is 5.56 Å². The fourth-order valence-corrected chi connectivity index (χ4v) is 6.21. The highest BCUT2D eigenvalue weighted by molar-refractivity contribution is 7.16. The van der Waals surface area contributed by atoms with Crippen LogP contribution in [0.25, 0.3) is 23.0 Å². The van der Waals surface area contributed by atoms with E-state index in [0.29, 0.717) is 11.2 Å². The first kappa shape index (κ1) is 29.4. The number of rotatable bonds is 13. The summed E-state index contributed by atoms with van der Waals surface area (Å²) < 4.78 is 1.39. The number of nitrogens with one attached hydrogen (secondary N) is 1. The number of aromatic amines is 1. The smallest absolute Gasteiger partial charge is 0.348 e. The predicted octanol–water partition coefficient (Wildman–Crippen LogP) is 6.06. The number of thiazole rings is 1. The minimum atomic E-state index is -0.375. The van der Waals surface area contributed by atoms with Gasteiger partial charge in [0.2, 0.25) is 0 Å². The van der Waals surface area contributed by atoms with Crippen LogP contribution < -0.4 is 20.7 Å². The van der Waals surface area contributed by atoms with E-state index < -0.39 is 0 Å². The Bertz CT molecular complexity index is 1580. The predicted molar refractivity (Wildman–Crippen MR) is 164 cm³/mol. The van der Waals surface area contributed by atoms with Crippen molar-refractivity contribution in [1.82, 2.24) is 14.6 Å². The van der Waals surface area contributed by atoms with E-state index in [0.717, 1.165) is 90.3 Å². The average Bonchev–Trinajstić information content (AvgIpc) is 3.60. The molecule has 0 amide bonds. The number of unbranched alkanes of at least 4 members (excludes halogenated alkanes) is 2. The second-order valence-electron chi connectivity index (χ2n) is 10.4. The Morgan fingerprint density at radius 2 is 1.80 bits per heavy atom. The number of anilines is 1. The minimum Gasteiger partial charge on any atom is -0.348 e. The van der Waals surface area contributed by atoms with E-state index in [-0.39, 0.29) is 17.0 Å². The summed E-state index contributed by atoms with van der Waals surface area (Å²) in [6.45, 7) is 12.5. The van der Waals surface area contributed by atoms with E-state index in [1.54, 1.807) is 11.3 Å². The van der Waals surface area contributed by atoms with Crippen molar-refractivity contribution < 1.29 is 4.98 Å². The maximum absolute atomic E-state index is 13.3. The maximum atomic E-state index is 13.3. The molecule has 1 unspecified atom stereocenters. The molecule has 0 aliphatic heterocycles. The van der Waals surface area contributed by atoms with Crippen LogP contribution >= 0.6 is 11.3 Å². The highest BCUT2D eigenvalue weighted by atomic mass is 32.1. The number of benzene rings is 1. The molecule has 7 nitrogen and oxygen atoms in total. The molecule has 0 aliphatic rings. The number of pyridine rings is 1. The van der Waals surface area contributed by atoms with Gasteiger partial charge in [0.15, 0.2) is 5.13 Å². The van der Waals surface area contributed by atoms with Gasteiger partial charge in [-0.15, -0.1) is 0 Å². The van der Waals surface area contributed by atoms with Crippen LogP contribution in [-0.4, -0.2) is 27.7 Å². The van der Waals surface area contributed by atoms with Crippen molar-refractivity contribution in [2.45, 2.75) is 85.5 Å². The zero-order valence-electron chi connectivity index (χ0n) is 24.5. The molecule has 1 atom stereocenters. The van der Waals surface area contributed by atoms with Crippen LogP contribution in [0.5, 0.6) is 0 Å². The molecule has 1 aromatic carbocycles. The molecular formula is C32H41N6OS+. The van der Waals surface area contributed by atoms with E-state index >= 15 is 0 Å². The second-order valence-corrected chi connectivity index (χ2v) is 11.4. The highest BCUT2D eigenvalue weighted by Crippen LogP contribution is 2.34. The van der Waals surface area contributed by atoms with Gasteiger partial charge in [-0.25, -0.2) is 14.8 Å². The summed E-state index contributed by atoms with van der Waals surface area (Å²) in [6, 6.07) is 12.4. The van der Waals surface area contributed by atoms with Crippen LogP contribution in [0, 0.1) is 18.3 Å². The number of hydrogen-bond donors (Lipinski definition) is 0. The Morgan fingerprint density at radius 1 is 1.10 bits per heavy atom. The summed E-state index contributed by atoms with van der Waals surface area (Å²) in [6.07, 6.45) is 9.52. The molecule has 0 saturated carbocycles. The summed E-state index contributed by atoms with van der Waals surface area (Å²) in [7, 11) is 0. The molecule has 8 heteroatoms. The zero-order valence-corrected chi connectivity index (χ0v) is 25.3. The van der Waals surface area contributed by atoms with Gasteiger partial charge in [-0.2, -0.15) is 5.26 Å². The molecule has 0 saturated heterocycles. The Kier molecular flexibility index (Phi) is 10.1. The van der Waals surface area contributed by atoms with Crippen molar-refractivity contribution in [1.29, 1.82) is 5.26 Å². The van der Waals surface area contributed by atoms with Crippen molar-refractivity contribution in [3.05, 3.63) is 67.7 Å². The van der Waals surface area contributed by atoms with Gasteiger partial charge in [-0.05, 0) is 48.8 Å². The van der Waals surface area contributed by atoms with Gasteiger partial charge in [0.1, 0.15) is 11.6 Å². The Morgan fingerprint density at radius 3 is 2.40 bits per heavy atom. The number of nitrogens with zero attached hydrogens (tertiary/aromatic N) is 5. The van der Waals surface area contributed by atoms with E-state index in [2.05, 4.69) is 61.9 Å².